The first-order valence-corrected chi connectivity index (χ1v) is 6.83. The normalized spacial score (nSPS) is 26.7. The number of nitrogens with zero attached hydrogens (tertiary/aromatic N) is 1. The summed E-state index contributed by atoms with van der Waals surface area (Å²) in [7, 11) is 1.95. The zero-order chi connectivity index (χ0) is 11.4. The molecule has 3 heteroatoms. The molecule has 15 heavy (non-hydrogen) atoms. The largest absolute Gasteiger partial charge is 0.342 e. The van der Waals surface area contributed by atoms with Crippen molar-refractivity contribution in [2.45, 2.75) is 56.8 Å². The van der Waals surface area contributed by atoms with Gasteiger partial charge in [-0.15, -0.1) is 0 Å². The molecule has 0 bridgehead atoms. The van der Waals surface area contributed by atoms with Gasteiger partial charge in [-0.3, -0.25) is 4.79 Å². The van der Waals surface area contributed by atoms with Crippen LogP contribution in [0.15, 0.2) is 0 Å². The maximum atomic E-state index is 11.9. The van der Waals surface area contributed by atoms with Gasteiger partial charge in [-0.25, -0.2) is 0 Å². The van der Waals surface area contributed by atoms with Crippen LogP contribution in [0.4, 0.5) is 0 Å². The van der Waals surface area contributed by atoms with E-state index < -0.39 is 0 Å². The highest BCUT2D eigenvalue weighted by Crippen LogP contribution is 2.28. The number of carbonyl (C=O) groups is 1. The van der Waals surface area contributed by atoms with Gasteiger partial charge >= 0.3 is 0 Å². The van der Waals surface area contributed by atoms with Crippen LogP contribution in [0.2, 0.25) is 0 Å². The van der Waals surface area contributed by atoms with Gasteiger partial charge in [0, 0.05) is 24.3 Å². The van der Waals surface area contributed by atoms with E-state index in [1.807, 2.05) is 11.9 Å². The lowest BCUT2D eigenvalue weighted by atomic mass is 9.94. The molecule has 0 spiro atoms. The molecule has 2 unspecified atom stereocenters. The first-order chi connectivity index (χ1) is 7.02. The van der Waals surface area contributed by atoms with Crippen LogP contribution in [-0.2, 0) is 4.79 Å². The molecule has 0 aromatic carbocycles. The standard InChI is InChI=1S/C12H22BrNO/c1-9(2)8-12(15)14(3)11-7-5-4-6-10(11)13/h9-11H,4-8H2,1-3H3. The highest BCUT2D eigenvalue weighted by Gasteiger charge is 2.28. The Morgan fingerprint density at radius 1 is 1.40 bits per heavy atom. The summed E-state index contributed by atoms with van der Waals surface area (Å²) in [6.45, 7) is 4.19. The molecular weight excluding hydrogens is 254 g/mol. The van der Waals surface area contributed by atoms with E-state index in [4.69, 9.17) is 0 Å². The van der Waals surface area contributed by atoms with Gasteiger partial charge in [0.25, 0.3) is 0 Å². The first-order valence-electron chi connectivity index (χ1n) is 5.92. The highest BCUT2D eigenvalue weighted by atomic mass is 79.9. The van der Waals surface area contributed by atoms with Gasteiger partial charge in [-0.2, -0.15) is 0 Å². The molecule has 1 saturated carbocycles. The van der Waals surface area contributed by atoms with Gasteiger partial charge in [0.05, 0.1) is 0 Å². The number of amides is 1. The van der Waals surface area contributed by atoms with Gasteiger partial charge in [-0.1, -0.05) is 42.6 Å². The Bertz CT molecular complexity index is 218. The van der Waals surface area contributed by atoms with Crippen molar-refractivity contribution in [3.63, 3.8) is 0 Å². The summed E-state index contributed by atoms with van der Waals surface area (Å²) in [5, 5.41) is 0. The Labute approximate surface area is 102 Å². The summed E-state index contributed by atoms with van der Waals surface area (Å²) in [6.07, 6.45) is 5.57. The molecule has 0 aromatic rings. The second-order valence-corrected chi connectivity index (χ2v) is 6.15. The molecule has 88 valence electrons. The van der Waals surface area contributed by atoms with E-state index in [-0.39, 0.29) is 0 Å². The molecular formula is C12H22BrNO. The smallest absolute Gasteiger partial charge is 0.222 e. The quantitative estimate of drug-likeness (QED) is 0.725. The lowest BCUT2D eigenvalue weighted by molar-refractivity contribution is -0.133. The molecule has 1 aliphatic carbocycles. The average Bonchev–Trinajstić information content (AvgIpc) is 2.16. The van der Waals surface area contributed by atoms with Crippen molar-refractivity contribution in [2.75, 3.05) is 7.05 Å². The van der Waals surface area contributed by atoms with Crippen LogP contribution in [0.1, 0.15) is 46.0 Å². The molecule has 0 aromatic heterocycles. The Kier molecular flexibility index (Phi) is 5.10. The van der Waals surface area contributed by atoms with Crippen molar-refractivity contribution < 1.29 is 4.79 Å². The van der Waals surface area contributed by atoms with Gasteiger partial charge in [0.15, 0.2) is 0 Å². The van der Waals surface area contributed by atoms with Crippen LogP contribution in [0.3, 0.4) is 0 Å². The van der Waals surface area contributed by atoms with Gasteiger partial charge in [0.1, 0.15) is 0 Å². The molecule has 1 amide bonds. The third-order valence-electron chi connectivity index (χ3n) is 3.12. The highest BCUT2D eigenvalue weighted by molar-refractivity contribution is 9.09. The molecule has 0 N–H and O–H groups in total. The zero-order valence-corrected chi connectivity index (χ0v) is 11.6. The van der Waals surface area contributed by atoms with Crippen molar-refractivity contribution in [3.05, 3.63) is 0 Å². The molecule has 2 atom stereocenters. The number of alkyl halides is 1. The molecule has 1 aliphatic rings. The Morgan fingerprint density at radius 2 is 2.00 bits per heavy atom. The fourth-order valence-corrected chi connectivity index (χ4v) is 3.12. The minimum Gasteiger partial charge on any atom is -0.342 e. The molecule has 0 saturated heterocycles. The van der Waals surface area contributed by atoms with Crippen molar-refractivity contribution in [2.24, 2.45) is 5.92 Å². The average molecular weight is 276 g/mol. The molecule has 0 aliphatic heterocycles. The molecule has 2 nitrogen and oxygen atoms in total. The lowest BCUT2D eigenvalue weighted by Crippen LogP contribution is -2.44. The third-order valence-corrected chi connectivity index (χ3v) is 4.19. The number of carbonyl (C=O) groups excluding carboxylic acids is 1. The van der Waals surface area contributed by atoms with Crippen molar-refractivity contribution >= 4 is 21.8 Å². The summed E-state index contributed by atoms with van der Waals surface area (Å²) >= 11 is 3.70. The van der Waals surface area contributed by atoms with E-state index in [0.29, 0.717) is 29.1 Å². The summed E-state index contributed by atoms with van der Waals surface area (Å²) in [6, 6.07) is 0.407. The van der Waals surface area contributed by atoms with Crippen LogP contribution in [0.5, 0.6) is 0 Å². The number of hydrogen-bond acceptors (Lipinski definition) is 1. The van der Waals surface area contributed by atoms with E-state index in [2.05, 4.69) is 29.8 Å². The summed E-state index contributed by atoms with van der Waals surface area (Å²) in [5.74, 6) is 0.749. The molecule has 1 rings (SSSR count). The predicted octanol–water partition coefficient (Wildman–Crippen LogP) is 3.20. The van der Waals surface area contributed by atoms with E-state index in [0.717, 1.165) is 6.42 Å². The van der Waals surface area contributed by atoms with Gasteiger partial charge in [-0.05, 0) is 18.8 Å². The SMILES string of the molecule is CC(C)CC(=O)N(C)C1CCCCC1Br. The minimum absolute atomic E-state index is 0.293. The van der Waals surface area contributed by atoms with Gasteiger partial charge in [0.2, 0.25) is 5.91 Å². The van der Waals surface area contributed by atoms with Crippen molar-refractivity contribution in [1.29, 1.82) is 0 Å². The van der Waals surface area contributed by atoms with Crippen LogP contribution in [-0.4, -0.2) is 28.7 Å². The summed E-state index contributed by atoms with van der Waals surface area (Å²) in [5.41, 5.74) is 0. The van der Waals surface area contributed by atoms with Crippen LogP contribution in [0, 0.1) is 5.92 Å². The fourth-order valence-electron chi connectivity index (χ4n) is 2.18. The second-order valence-electron chi connectivity index (χ2n) is 4.97. The van der Waals surface area contributed by atoms with E-state index in [9.17, 15) is 4.79 Å². The minimum atomic E-state index is 0.293. The molecule has 0 radical (unpaired) electrons. The maximum absolute atomic E-state index is 11.9. The second kappa shape index (κ2) is 5.88. The Balaban J connectivity index is 2.50. The zero-order valence-electron chi connectivity index (χ0n) is 10.0. The first kappa shape index (κ1) is 13.0. The van der Waals surface area contributed by atoms with Crippen LogP contribution in [0.25, 0.3) is 0 Å². The monoisotopic (exact) mass is 275 g/mol. The Morgan fingerprint density at radius 3 is 2.53 bits per heavy atom. The Hall–Kier alpha value is -0.0500. The van der Waals surface area contributed by atoms with Crippen LogP contribution < -0.4 is 0 Å². The number of halogens is 1. The van der Waals surface area contributed by atoms with E-state index in [1.165, 1.54) is 19.3 Å². The topological polar surface area (TPSA) is 20.3 Å². The lowest BCUT2D eigenvalue weighted by Gasteiger charge is -2.35. The number of rotatable bonds is 3. The van der Waals surface area contributed by atoms with Crippen molar-refractivity contribution in [3.8, 4) is 0 Å². The number of hydrogen-bond donors (Lipinski definition) is 0. The summed E-state index contributed by atoms with van der Waals surface area (Å²) in [4.78, 5) is 14.4. The van der Waals surface area contributed by atoms with Gasteiger partial charge < -0.3 is 4.90 Å². The van der Waals surface area contributed by atoms with E-state index in [1.54, 1.807) is 0 Å². The predicted molar refractivity (Wildman–Crippen MR) is 67.2 cm³/mol. The van der Waals surface area contributed by atoms with Crippen molar-refractivity contribution in [1.82, 2.24) is 4.90 Å². The fraction of sp³-hybridized carbons (Fsp3) is 0.917. The maximum Gasteiger partial charge on any atom is 0.222 e. The van der Waals surface area contributed by atoms with Crippen LogP contribution >= 0.6 is 15.9 Å². The van der Waals surface area contributed by atoms with E-state index >= 15 is 0 Å². The molecule has 1 fully saturated rings. The summed E-state index contributed by atoms with van der Waals surface area (Å²) < 4.78 is 0. The third kappa shape index (κ3) is 3.78. The molecule has 0 heterocycles.